The molecule has 1 aromatic rings. The van der Waals surface area contributed by atoms with E-state index < -0.39 is 0 Å². The summed E-state index contributed by atoms with van der Waals surface area (Å²) in [6, 6.07) is 1.78. The third-order valence-electron chi connectivity index (χ3n) is 2.57. The summed E-state index contributed by atoms with van der Waals surface area (Å²) in [6.07, 6.45) is 1.63. The van der Waals surface area contributed by atoms with E-state index in [2.05, 4.69) is 25.8 Å². The lowest BCUT2D eigenvalue weighted by Gasteiger charge is -2.17. The fourth-order valence-corrected chi connectivity index (χ4v) is 1.52. The second-order valence-electron chi connectivity index (χ2n) is 3.89. The van der Waals surface area contributed by atoms with E-state index in [9.17, 15) is 5.11 Å². The molecule has 3 heteroatoms. The van der Waals surface area contributed by atoms with E-state index >= 15 is 0 Å². The summed E-state index contributed by atoms with van der Waals surface area (Å²) in [6.45, 7) is 6.39. The number of nitrogens with zero attached hydrogens (tertiary/aromatic N) is 1. The van der Waals surface area contributed by atoms with Crippen LogP contribution in [0.1, 0.15) is 37.9 Å². The molecular formula is C11H16ClNO. The van der Waals surface area contributed by atoms with Crippen molar-refractivity contribution in [2.75, 3.05) is 0 Å². The zero-order chi connectivity index (χ0) is 10.7. The molecule has 1 N–H and O–H groups in total. The molecule has 0 unspecified atom stereocenters. The first kappa shape index (κ1) is 11.5. The van der Waals surface area contributed by atoms with Crippen LogP contribution in [0.5, 0.6) is 0 Å². The Kier molecular flexibility index (Phi) is 3.90. The summed E-state index contributed by atoms with van der Waals surface area (Å²) in [5.74, 6) is 0.850. The van der Waals surface area contributed by atoms with Crippen LogP contribution in [0.4, 0.5) is 0 Å². The van der Waals surface area contributed by atoms with Crippen LogP contribution in [-0.4, -0.2) is 10.1 Å². The number of aliphatic hydroxyl groups excluding tert-OH is 1. The zero-order valence-corrected chi connectivity index (χ0v) is 9.54. The second-order valence-corrected chi connectivity index (χ2v) is 4.33. The predicted molar refractivity (Wildman–Crippen MR) is 58.4 cm³/mol. The molecule has 0 spiro atoms. The van der Waals surface area contributed by atoms with E-state index in [1.807, 2.05) is 0 Å². The SMILES string of the molecule is CC(C)[C@@H](C)c1ncc(Cl)cc1CO. The fourth-order valence-electron chi connectivity index (χ4n) is 1.34. The molecule has 0 saturated carbocycles. The molecule has 0 amide bonds. The first-order valence-electron chi connectivity index (χ1n) is 4.81. The van der Waals surface area contributed by atoms with Gasteiger partial charge in [-0.2, -0.15) is 0 Å². The average molecular weight is 214 g/mol. The van der Waals surface area contributed by atoms with Crippen molar-refractivity contribution >= 4 is 11.6 Å². The lowest BCUT2D eigenvalue weighted by molar-refractivity contribution is 0.278. The Hall–Kier alpha value is -0.600. The van der Waals surface area contributed by atoms with Gasteiger partial charge in [-0.25, -0.2) is 0 Å². The Morgan fingerprint density at radius 1 is 1.43 bits per heavy atom. The van der Waals surface area contributed by atoms with Crippen molar-refractivity contribution in [2.24, 2.45) is 5.92 Å². The number of aliphatic hydroxyl groups is 1. The molecule has 0 aliphatic carbocycles. The number of hydrogen-bond acceptors (Lipinski definition) is 2. The quantitative estimate of drug-likeness (QED) is 0.838. The maximum absolute atomic E-state index is 9.17. The summed E-state index contributed by atoms with van der Waals surface area (Å²) in [7, 11) is 0. The highest BCUT2D eigenvalue weighted by molar-refractivity contribution is 6.30. The standard InChI is InChI=1S/C11H16ClNO/c1-7(2)8(3)11-9(6-14)4-10(12)5-13-11/h4-5,7-8,14H,6H2,1-3H3/t8-/m1/s1. The number of halogens is 1. The van der Waals surface area contributed by atoms with Crippen molar-refractivity contribution in [3.05, 3.63) is 28.5 Å². The summed E-state index contributed by atoms with van der Waals surface area (Å²) >= 11 is 5.81. The molecule has 0 bridgehead atoms. The number of aromatic nitrogens is 1. The van der Waals surface area contributed by atoms with Crippen molar-refractivity contribution in [3.8, 4) is 0 Å². The van der Waals surface area contributed by atoms with Crippen LogP contribution < -0.4 is 0 Å². The van der Waals surface area contributed by atoms with Gasteiger partial charge < -0.3 is 5.11 Å². The van der Waals surface area contributed by atoms with Crippen LogP contribution in [0.25, 0.3) is 0 Å². The summed E-state index contributed by atoms with van der Waals surface area (Å²) in [4.78, 5) is 4.28. The third kappa shape index (κ3) is 2.46. The Morgan fingerprint density at radius 3 is 2.57 bits per heavy atom. The number of hydrogen-bond donors (Lipinski definition) is 1. The van der Waals surface area contributed by atoms with Gasteiger partial charge in [0.1, 0.15) is 0 Å². The van der Waals surface area contributed by atoms with Gasteiger partial charge in [-0.05, 0) is 12.0 Å². The zero-order valence-electron chi connectivity index (χ0n) is 8.79. The highest BCUT2D eigenvalue weighted by Gasteiger charge is 2.15. The van der Waals surface area contributed by atoms with Crippen molar-refractivity contribution in [1.82, 2.24) is 4.98 Å². The molecule has 78 valence electrons. The molecule has 2 nitrogen and oxygen atoms in total. The van der Waals surface area contributed by atoms with Crippen LogP contribution in [0, 0.1) is 5.92 Å². The van der Waals surface area contributed by atoms with E-state index in [0.717, 1.165) is 11.3 Å². The van der Waals surface area contributed by atoms with Crippen LogP contribution in [0.3, 0.4) is 0 Å². The normalized spacial score (nSPS) is 13.3. The largest absolute Gasteiger partial charge is 0.392 e. The van der Waals surface area contributed by atoms with Crippen LogP contribution in [-0.2, 0) is 6.61 Å². The molecule has 0 fully saturated rings. The van der Waals surface area contributed by atoms with Crippen LogP contribution >= 0.6 is 11.6 Å². The van der Waals surface area contributed by atoms with Crippen LogP contribution in [0.2, 0.25) is 5.02 Å². The highest BCUT2D eigenvalue weighted by atomic mass is 35.5. The number of rotatable bonds is 3. The molecule has 0 aromatic carbocycles. The van der Waals surface area contributed by atoms with Gasteiger partial charge in [0, 0.05) is 23.4 Å². The van der Waals surface area contributed by atoms with E-state index in [1.54, 1.807) is 12.3 Å². The van der Waals surface area contributed by atoms with E-state index in [1.165, 1.54) is 0 Å². The topological polar surface area (TPSA) is 33.1 Å². The van der Waals surface area contributed by atoms with Crippen molar-refractivity contribution in [1.29, 1.82) is 0 Å². The van der Waals surface area contributed by atoms with Gasteiger partial charge in [-0.3, -0.25) is 4.98 Å². The maximum atomic E-state index is 9.17. The molecule has 1 atom stereocenters. The molecule has 0 radical (unpaired) electrons. The van der Waals surface area contributed by atoms with Gasteiger partial charge in [0.25, 0.3) is 0 Å². The van der Waals surface area contributed by atoms with E-state index in [0.29, 0.717) is 16.9 Å². The molecule has 0 saturated heterocycles. The molecule has 1 heterocycles. The molecule has 0 aliphatic rings. The molecule has 1 aromatic heterocycles. The van der Waals surface area contributed by atoms with E-state index in [4.69, 9.17) is 11.6 Å². The Morgan fingerprint density at radius 2 is 2.07 bits per heavy atom. The predicted octanol–water partition coefficient (Wildman–Crippen LogP) is 2.99. The lowest BCUT2D eigenvalue weighted by Crippen LogP contribution is -2.08. The van der Waals surface area contributed by atoms with Crippen LogP contribution in [0.15, 0.2) is 12.3 Å². The monoisotopic (exact) mass is 213 g/mol. The fraction of sp³-hybridized carbons (Fsp3) is 0.545. The Bertz CT molecular complexity index is 312. The maximum Gasteiger partial charge on any atom is 0.0700 e. The molecule has 14 heavy (non-hydrogen) atoms. The molecule has 1 rings (SSSR count). The Balaban J connectivity index is 3.07. The molecular weight excluding hydrogens is 198 g/mol. The first-order valence-corrected chi connectivity index (χ1v) is 5.19. The van der Waals surface area contributed by atoms with Crippen molar-refractivity contribution in [3.63, 3.8) is 0 Å². The summed E-state index contributed by atoms with van der Waals surface area (Å²) < 4.78 is 0. The second kappa shape index (κ2) is 4.76. The number of pyridine rings is 1. The summed E-state index contributed by atoms with van der Waals surface area (Å²) in [5, 5.41) is 9.75. The average Bonchev–Trinajstić information content (AvgIpc) is 2.16. The first-order chi connectivity index (χ1) is 6.56. The van der Waals surface area contributed by atoms with Gasteiger partial charge >= 0.3 is 0 Å². The van der Waals surface area contributed by atoms with Crippen molar-refractivity contribution < 1.29 is 5.11 Å². The lowest BCUT2D eigenvalue weighted by atomic mass is 9.91. The highest BCUT2D eigenvalue weighted by Crippen LogP contribution is 2.26. The van der Waals surface area contributed by atoms with Gasteiger partial charge in [0.15, 0.2) is 0 Å². The third-order valence-corrected chi connectivity index (χ3v) is 2.78. The minimum Gasteiger partial charge on any atom is -0.392 e. The Labute approximate surface area is 89.9 Å². The van der Waals surface area contributed by atoms with Crippen molar-refractivity contribution in [2.45, 2.75) is 33.3 Å². The van der Waals surface area contributed by atoms with Gasteiger partial charge in [-0.15, -0.1) is 0 Å². The smallest absolute Gasteiger partial charge is 0.0700 e. The minimum absolute atomic E-state index is 0.0000463. The summed E-state index contributed by atoms with van der Waals surface area (Å²) in [5.41, 5.74) is 1.78. The minimum atomic E-state index is -0.0000463. The van der Waals surface area contributed by atoms with Gasteiger partial charge in [0.05, 0.1) is 11.6 Å². The van der Waals surface area contributed by atoms with E-state index in [-0.39, 0.29) is 6.61 Å². The molecule has 0 aliphatic heterocycles. The van der Waals surface area contributed by atoms with Gasteiger partial charge in [0.2, 0.25) is 0 Å². The van der Waals surface area contributed by atoms with Gasteiger partial charge in [-0.1, -0.05) is 32.4 Å².